The quantitative estimate of drug-likeness (QED) is 0.718. The third-order valence-electron chi connectivity index (χ3n) is 4.25. The second-order valence-electron chi connectivity index (χ2n) is 6.02. The van der Waals surface area contributed by atoms with Gasteiger partial charge in [0.1, 0.15) is 0 Å². The molecule has 0 radical (unpaired) electrons. The van der Waals surface area contributed by atoms with Gasteiger partial charge in [-0.05, 0) is 43.2 Å². The van der Waals surface area contributed by atoms with E-state index in [2.05, 4.69) is 26.1 Å². The van der Waals surface area contributed by atoms with Crippen LogP contribution in [0, 0.1) is 17.3 Å². The lowest BCUT2D eigenvalue weighted by Gasteiger charge is -2.37. The second-order valence-corrected chi connectivity index (χ2v) is 6.02. The minimum atomic E-state index is 0.372. The molecule has 1 unspecified atom stereocenters. The average Bonchev–Trinajstić information content (AvgIpc) is 2.36. The summed E-state index contributed by atoms with van der Waals surface area (Å²) in [6, 6.07) is 0. The van der Waals surface area contributed by atoms with Gasteiger partial charge >= 0.3 is 0 Å². The van der Waals surface area contributed by atoms with E-state index in [4.69, 9.17) is 10.5 Å². The van der Waals surface area contributed by atoms with Gasteiger partial charge in [-0.15, -0.1) is 0 Å². The largest absolute Gasteiger partial charge is 0.381 e. The van der Waals surface area contributed by atoms with Crippen molar-refractivity contribution in [1.82, 2.24) is 5.32 Å². The van der Waals surface area contributed by atoms with Gasteiger partial charge in [0.05, 0.1) is 0 Å². The van der Waals surface area contributed by atoms with E-state index in [1.165, 1.54) is 19.3 Å². The minimum absolute atomic E-state index is 0.372. The number of hydrogen-bond donors (Lipinski definition) is 2. The summed E-state index contributed by atoms with van der Waals surface area (Å²) in [5.41, 5.74) is 6.09. The van der Waals surface area contributed by atoms with E-state index < -0.39 is 0 Å². The topological polar surface area (TPSA) is 47.3 Å². The predicted octanol–water partition coefficient (Wildman–Crippen LogP) is 2.01. The Hall–Kier alpha value is -0.120. The van der Waals surface area contributed by atoms with Crippen molar-refractivity contribution in [1.29, 1.82) is 0 Å². The van der Waals surface area contributed by atoms with Crippen molar-refractivity contribution in [2.45, 2.75) is 40.0 Å². The van der Waals surface area contributed by atoms with Crippen molar-refractivity contribution in [3.8, 4) is 0 Å². The first kappa shape index (κ1) is 14.9. The molecule has 0 aromatic carbocycles. The Morgan fingerprint density at radius 1 is 1.35 bits per heavy atom. The summed E-state index contributed by atoms with van der Waals surface area (Å²) in [5, 5.41) is 3.60. The Bertz CT molecular complexity index is 196. The molecule has 0 aromatic rings. The zero-order valence-corrected chi connectivity index (χ0v) is 11.8. The first-order valence-electron chi connectivity index (χ1n) is 7.08. The van der Waals surface area contributed by atoms with Crippen molar-refractivity contribution < 1.29 is 4.74 Å². The van der Waals surface area contributed by atoms with Crippen LogP contribution in [0.4, 0.5) is 0 Å². The van der Waals surface area contributed by atoms with Crippen molar-refractivity contribution in [2.24, 2.45) is 23.0 Å². The van der Waals surface area contributed by atoms with Crippen LogP contribution in [0.2, 0.25) is 0 Å². The highest BCUT2D eigenvalue weighted by molar-refractivity contribution is 4.82. The molecule has 3 heteroatoms. The Kier molecular flexibility index (Phi) is 6.45. The normalized spacial score (nSPS) is 20.5. The first-order valence-corrected chi connectivity index (χ1v) is 7.08. The van der Waals surface area contributed by atoms with Crippen molar-refractivity contribution in [3.05, 3.63) is 0 Å². The van der Waals surface area contributed by atoms with Gasteiger partial charge in [0.15, 0.2) is 0 Å². The fourth-order valence-corrected chi connectivity index (χ4v) is 2.62. The molecule has 0 saturated carbocycles. The van der Waals surface area contributed by atoms with Crippen LogP contribution in [-0.4, -0.2) is 32.8 Å². The Balaban J connectivity index is 2.27. The molecule has 102 valence electrons. The second kappa shape index (κ2) is 7.34. The number of hydrogen-bond acceptors (Lipinski definition) is 3. The average molecular weight is 242 g/mol. The smallest absolute Gasteiger partial charge is 0.0468 e. The lowest BCUT2D eigenvalue weighted by Crippen LogP contribution is -2.40. The van der Waals surface area contributed by atoms with Crippen LogP contribution in [0.1, 0.15) is 40.0 Å². The highest BCUT2D eigenvalue weighted by Crippen LogP contribution is 2.33. The molecule has 0 amide bonds. The van der Waals surface area contributed by atoms with E-state index in [9.17, 15) is 0 Å². The Morgan fingerprint density at radius 3 is 2.53 bits per heavy atom. The molecule has 0 bridgehead atoms. The van der Waals surface area contributed by atoms with Crippen LogP contribution in [0.25, 0.3) is 0 Å². The van der Waals surface area contributed by atoms with Gasteiger partial charge in [0, 0.05) is 19.8 Å². The van der Waals surface area contributed by atoms with Crippen LogP contribution >= 0.6 is 0 Å². The van der Waals surface area contributed by atoms with Gasteiger partial charge in [0.25, 0.3) is 0 Å². The van der Waals surface area contributed by atoms with Gasteiger partial charge in [-0.25, -0.2) is 0 Å². The molecule has 0 spiro atoms. The van der Waals surface area contributed by atoms with E-state index in [-0.39, 0.29) is 0 Å². The molecule has 1 heterocycles. The molecule has 1 rings (SSSR count). The fraction of sp³-hybridized carbons (Fsp3) is 1.00. The van der Waals surface area contributed by atoms with Crippen LogP contribution < -0.4 is 11.1 Å². The van der Waals surface area contributed by atoms with Crippen LogP contribution in [0.15, 0.2) is 0 Å². The molecule has 1 aliphatic rings. The molecule has 0 aromatic heterocycles. The maximum atomic E-state index is 5.72. The number of nitrogens with one attached hydrogen (secondary N) is 1. The number of ether oxygens (including phenoxy) is 1. The summed E-state index contributed by atoms with van der Waals surface area (Å²) in [6.45, 7) is 11.8. The third kappa shape index (κ3) is 4.94. The van der Waals surface area contributed by atoms with E-state index in [0.29, 0.717) is 11.3 Å². The predicted molar refractivity (Wildman–Crippen MR) is 73.0 cm³/mol. The summed E-state index contributed by atoms with van der Waals surface area (Å²) in [5.74, 6) is 1.42. The Labute approximate surface area is 106 Å². The van der Waals surface area contributed by atoms with Crippen LogP contribution in [0.5, 0.6) is 0 Å². The monoisotopic (exact) mass is 242 g/mol. The lowest BCUT2D eigenvalue weighted by molar-refractivity contribution is 0.0226. The SMILES string of the molecule is CCC(CN)CNCC(C)(C)C1CCOCC1. The molecule has 0 aliphatic carbocycles. The zero-order chi connectivity index (χ0) is 12.7. The van der Waals surface area contributed by atoms with E-state index in [1.807, 2.05) is 0 Å². The maximum Gasteiger partial charge on any atom is 0.0468 e. The van der Waals surface area contributed by atoms with Gasteiger partial charge in [-0.3, -0.25) is 0 Å². The van der Waals surface area contributed by atoms with E-state index >= 15 is 0 Å². The minimum Gasteiger partial charge on any atom is -0.381 e. The summed E-state index contributed by atoms with van der Waals surface area (Å²) in [7, 11) is 0. The summed E-state index contributed by atoms with van der Waals surface area (Å²) >= 11 is 0. The summed E-state index contributed by atoms with van der Waals surface area (Å²) in [4.78, 5) is 0. The lowest BCUT2D eigenvalue weighted by atomic mass is 9.74. The maximum absolute atomic E-state index is 5.72. The highest BCUT2D eigenvalue weighted by Gasteiger charge is 2.30. The number of rotatable bonds is 7. The third-order valence-corrected chi connectivity index (χ3v) is 4.25. The van der Waals surface area contributed by atoms with E-state index in [1.54, 1.807) is 0 Å². The first-order chi connectivity index (χ1) is 8.10. The zero-order valence-electron chi connectivity index (χ0n) is 11.8. The molecule has 1 atom stereocenters. The van der Waals surface area contributed by atoms with Crippen LogP contribution in [0.3, 0.4) is 0 Å². The standard InChI is InChI=1S/C14H30N2O/c1-4-12(9-15)10-16-11-14(2,3)13-5-7-17-8-6-13/h12-13,16H,4-11,15H2,1-3H3. The van der Waals surface area contributed by atoms with Crippen molar-refractivity contribution in [2.75, 3.05) is 32.8 Å². The Morgan fingerprint density at radius 2 is 2.00 bits per heavy atom. The fourth-order valence-electron chi connectivity index (χ4n) is 2.62. The van der Waals surface area contributed by atoms with Gasteiger partial charge in [-0.2, -0.15) is 0 Å². The van der Waals surface area contributed by atoms with E-state index in [0.717, 1.165) is 38.8 Å². The molecule has 1 aliphatic heterocycles. The van der Waals surface area contributed by atoms with Gasteiger partial charge < -0.3 is 15.8 Å². The molecule has 3 N–H and O–H groups in total. The molecular formula is C14H30N2O. The summed E-state index contributed by atoms with van der Waals surface area (Å²) in [6.07, 6.45) is 3.59. The van der Waals surface area contributed by atoms with Gasteiger partial charge in [-0.1, -0.05) is 27.2 Å². The van der Waals surface area contributed by atoms with Gasteiger partial charge in [0.2, 0.25) is 0 Å². The number of nitrogens with two attached hydrogens (primary N) is 1. The molecular weight excluding hydrogens is 212 g/mol. The van der Waals surface area contributed by atoms with Crippen LogP contribution in [-0.2, 0) is 4.74 Å². The molecule has 1 saturated heterocycles. The van der Waals surface area contributed by atoms with Crippen molar-refractivity contribution in [3.63, 3.8) is 0 Å². The van der Waals surface area contributed by atoms with Crippen molar-refractivity contribution >= 4 is 0 Å². The molecule has 1 fully saturated rings. The molecule has 17 heavy (non-hydrogen) atoms. The highest BCUT2D eigenvalue weighted by atomic mass is 16.5. The summed E-state index contributed by atoms with van der Waals surface area (Å²) < 4.78 is 5.44. The molecule has 3 nitrogen and oxygen atoms in total.